The molecule has 1 fully saturated rings. The Kier molecular flexibility index (Phi) is 6.36. The van der Waals surface area contributed by atoms with Gasteiger partial charge in [-0.1, -0.05) is 0 Å². The maximum Gasteiger partial charge on any atom is 0.223 e. The summed E-state index contributed by atoms with van der Waals surface area (Å²) in [6, 6.07) is 6.01. The van der Waals surface area contributed by atoms with Crippen LogP contribution < -0.4 is 15.4 Å². The number of piperidine rings is 1. The molecule has 25 heavy (non-hydrogen) atoms. The van der Waals surface area contributed by atoms with Gasteiger partial charge in [0.1, 0.15) is 17.1 Å². The lowest BCUT2D eigenvalue weighted by molar-refractivity contribution is -0.126. The Hall–Kier alpha value is -1.72. The van der Waals surface area contributed by atoms with Crippen molar-refractivity contribution in [2.24, 2.45) is 5.92 Å². The molecular weight excluding hydrogens is 340 g/mol. The van der Waals surface area contributed by atoms with Crippen LogP contribution in [0.1, 0.15) is 44.1 Å². The second-order valence-electron chi connectivity index (χ2n) is 6.76. The molecule has 0 bridgehead atoms. The molecule has 1 amide bonds. The summed E-state index contributed by atoms with van der Waals surface area (Å²) in [6.07, 6.45) is 1.77. The summed E-state index contributed by atoms with van der Waals surface area (Å²) in [7, 11) is 1.65. The molecule has 1 aromatic carbocycles. The van der Waals surface area contributed by atoms with Crippen molar-refractivity contribution in [3.8, 4) is 5.75 Å². The number of furan rings is 1. The zero-order valence-corrected chi connectivity index (χ0v) is 16.0. The molecule has 0 spiro atoms. The minimum Gasteiger partial charge on any atom is -0.497 e. The van der Waals surface area contributed by atoms with Crippen LogP contribution in [-0.2, 0) is 4.79 Å². The highest BCUT2D eigenvalue weighted by molar-refractivity contribution is 5.85. The minimum absolute atomic E-state index is 0. The van der Waals surface area contributed by atoms with E-state index >= 15 is 0 Å². The number of nitrogens with one attached hydrogen (secondary N) is 2. The highest BCUT2D eigenvalue weighted by Gasteiger charge is 2.27. The average molecular weight is 367 g/mol. The predicted molar refractivity (Wildman–Crippen MR) is 101 cm³/mol. The third-order valence-corrected chi connectivity index (χ3v) is 4.93. The van der Waals surface area contributed by atoms with Crippen LogP contribution in [0.15, 0.2) is 22.6 Å². The van der Waals surface area contributed by atoms with Crippen LogP contribution >= 0.6 is 12.4 Å². The first-order valence-corrected chi connectivity index (χ1v) is 8.60. The summed E-state index contributed by atoms with van der Waals surface area (Å²) in [5, 5.41) is 7.53. The lowest BCUT2D eigenvalue weighted by Crippen LogP contribution is -2.43. The minimum atomic E-state index is -0.152. The van der Waals surface area contributed by atoms with E-state index in [9.17, 15) is 4.79 Å². The number of amides is 1. The molecule has 1 saturated heterocycles. The Balaban J connectivity index is 0.00000225. The smallest absolute Gasteiger partial charge is 0.223 e. The van der Waals surface area contributed by atoms with Crippen molar-refractivity contribution in [3.05, 3.63) is 29.5 Å². The van der Waals surface area contributed by atoms with E-state index in [-0.39, 0.29) is 30.3 Å². The van der Waals surface area contributed by atoms with E-state index in [0.717, 1.165) is 47.4 Å². The molecule has 1 unspecified atom stereocenters. The molecule has 3 atom stereocenters. The quantitative estimate of drug-likeness (QED) is 0.865. The number of hydrogen-bond acceptors (Lipinski definition) is 4. The van der Waals surface area contributed by atoms with E-state index in [1.54, 1.807) is 7.11 Å². The molecule has 2 aromatic rings. The third-order valence-electron chi connectivity index (χ3n) is 4.93. The monoisotopic (exact) mass is 366 g/mol. The van der Waals surface area contributed by atoms with Gasteiger partial charge in [-0.3, -0.25) is 4.79 Å². The van der Waals surface area contributed by atoms with Crippen LogP contribution in [-0.4, -0.2) is 25.6 Å². The van der Waals surface area contributed by atoms with Gasteiger partial charge in [0.25, 0.3) is 0 Å². The topological polar surface area (TPSA) is 63.5 Å². The van der Waals surface area contributed by atoms with E-state index in [2.05, 4.69) is 17.6 Å². The van der Waals surface area contributed by atoms with Crippen molar-refractivity contribution in [1.29, 1.82) is 0 Å². The Labute approximate surface area is 154 Å². The lowest BCUT2D eigenvalue weighted by atomic mass is 9.92. The number of halogens is 1. The van der Waals surface area contributed by atoms with Gasteiger partial charge in [-0.2, -0.15) is 0 Å². The van der Waals surface area contributed by atoms with E-state index < -0.39 is 0 Å². The number of carbonyl (C=O) groups excluding carboxylic acids is 1. The molecule has 2 heterocycles. The summed E-state index contributed by atoms with van der Waals surface area (Å²) in [5.74, 6) is 1.81. The summed E-state index contributed by atoms with van der Waals surface area (Å²) in [4.78, 5) is 12.6. The number of fused-ring (bicyclic) bond motifs is 1. The third kappa shape index (κ3) is 4.10. The highest BCUT2D eigenvalue weighted by atomic mass is 35.5. The number of carbonyl (C=O) groups is 1. The highest BCUT2D eigenvalue weighted by Crippen LogP contribution is 2.32. The molecule has 1 aliphatic rings. The summed E-state index contributed by atoms with van der Waals surface area (Å²) in [6.45, 7) is 7.02. The first-order chi connectivity index (χ1) is 11.5. The fraction of sp³-hybridized carbons (Fsp3) is 0.526. The predicted octanol–water partition coefficient (Wildman–Crippen LogP) is 3.74. The molecule has 2 N–H and O–H groups in total. The molecule has 1 aliphatic heterocycles. The normalized spacial score (nSPS) is 21.4. The maximum atomic E-state index is 12.6. The van der Waals surface area contributed by atoms with Gasteiger partial charge in [0, 0.05) is 22.9 Å². The van der Waals surface area contributed by atoms with E-state index in [0.29, 0.717) is 6.04 Å². The fourth-order valence-electron chi connectivity index (χ4n) is 3.53. The molecular formula is C19H27ClN2O3. The SMILES string of the molecule is COc1ccc2oc(C(C)NC(=O)[C@H]3CCN[C@@H](C)C3)c(C)c2c1.Cl. The Bertz CT molecular complexity index is 744. The Morgan fingerprint density at radius 2 is 2.20 bits per heavy atom. The number of methoxy groups -OCH3 is 1. The standard InChI is InChI=1S/C19H26N2O3.ClH/c1-11-9-14(7-8-20-11)19(22)21-13(3)18-12(2)16-10-15(23-4)5-6-17(16)24-18;/h5-6,10-11,13-14,20H,7-9H2,1-4H3,(H,21,22);1H/t11-,13?,14-;/m0./s1. The summed E-state index contributed by atoms with van der Waals surface area (Å²) in [5.41, 5.74) is 1.87. The zero-order valence-electron chi connectivity index (χ0n) is 15.2. The molecule has 0 radical (unpaired) electrons. The molecule has 3 rings (SSSR count). The maximum absolute atomic E-state index is 12.6. The van der Waals surface area contributed by atoms with Crippen LogP contribution in [0, 0.1) is 12.8 Å². The number of hydrogen-bond donors (Lipinski definition) is 2. The van der Waals surface area contributed by atoms with E-state index in [1.807, 2.05) is 32.0 Å². The lowest BCUT2D eigenvalue weighted by Gasteiger charge is -2.28. The van der Waals surface area contributed by atoms with Crippen molar-refractivity contribution in [3.63, 3.8) is 0 Å². The second kappa shape index (κ2) is 8.11. The van der Waals surface area contributed by atoms with E-state index in [4.69, 9.17) is 9.15 Å². The van der Waals surface area contributed by atoms with Gasteiger partial charge in [0.2, 0.25) is 5.91 Å². The van der Waals surface area contributed by atoms with Crippen molar-refractivity contribution >= 4 is 29.3 Å². The average Bonchev–Trinajstić information content (AvgIpc) is 2.91. The fourth-order valence-corrected chi connectivity index (χ4v) is 3.53. The molecule has 0 saturated carbocycles. The van der Waals surface area contributed by atoms with Crippen LogP contribution in [0.2, 0.25) is 0 Å². The first-order valence-electron chi connectivity index (χ1n) is 8.60. The Morgan fingerprint density at radius 1 is 1.44 bits per heavy atom. The zero-order chi connectivity index (χ0) is 17.3. The molecule has 1 aromatic heterocycles. The largest absolute Gasteiger partial charge is 0.497 e. The molecule has 5 nitrogen and oxygen atoms in total. The Morgan fingerprint density at radius 3 is 2.88 bits per heavy atom. The molecule has 138 valence electrons. The van der Waals surface area contributed by atoms with Gasteiger partial charge in [0.15, 0.2) is 0 Å². The van der Waals surface area contributed by atoms with Crippen molar-refractivity contribution < 1.29 is 13.9 Å². The van der Waals surface area contributed by atoms with Crippen molar-refractivity contribution in [2.75, 3.05) is 13.7 Å². The number of rotatable bonds is 4. The van der Waals surface area contributed by atoms with Crippen molar-refractivity contribution in [2.45, 2.75) is 45.7 Å². The van der Waals surface area contributed by atoms with Gasteiger partial charge in [-0.25, -0.2) is 0 Å². The number of ether oxygens (including phenoxy) is 1. The van der Waals surface area contributed by atoms with Crippen LogP contribution in [0.3, 0.4) is 0 Å². The number of benzene rings is 1. The van der Waals surface area contributed by atoms with Crippen LogP contribution in [0.4, 0.5) is 0 Å². The number of aryl methyl sites for hydroxylation is 1. The van der Waals surface area contributed by atoms with Crippen molar-refractivity contribution in [1.82, 2.24) is 10.6 Å². The van der Waals surface area contributed by atoms with Gasteiger partial charge < -0.3 is 19.8 Å². The summed E-state index contributed by atoms with van der Waals surface area (Å²) < 4.78 is 11.3. The van der Waals surface area contributed by atoms with Gasteiger partial charge in [-0.15, -0.1) is 12.4 Å². The van der Waals surface area contributed by atoms with Gasteiger partial charge in [0.05, 0.1) is 13.2 Å². The van der Waals surface area contributed by atoms with E-state index in [1.165, 1.54) is 0 Å². The first kappa shape index (κ1) is 19.6. The van der Waals surface area contributed by atoms with Gasteiger partial charge >= 0.3 is 0 Å². The second-order valence-corrected chi connectivity index (χ2v) is 6.76. The van der Waals surface area contributed by atoms with Crippen LogP contribution in [0.5, 0.6) is 5.75 Å². The van der Waals surface area contributed by atoms with Crippen LogP contribution in [0.25, 0.3) is 11.0 Å². The summed E-state index contributed by atoms with van der Waals surface area (Å²) >= 11 is 0. The molecule has 0 aliphatic carbocycles. The van der Waals surface area contributed by atoms with Gasteiger partial charge in [-0.05, 0) is 58.4 Å². The molecule has 6 heteroatoms.